The molecule has 5 nitrogen and oxygen atoms in total. The van der Waals surface area contributed by atoms with Crippen molar-refractivity contribution in [2.75, 3.05) is 25.6 Å². The molecule has 1 aromatic carbocycles. The SMILES string of the molecule is Nc1cccc(CN(C(=O)C2COCCO2)C2CC2)c1. The summed E-state index contributed by atoms with van der Waals surface area (Å²) in [5.41, 5.74) is 7.58. The quantitative estimate of drug-likeness (QED) is 0.839. The molecule has 5 heteroatoms. The third kappa shape index (κ3) is 3.11. The number of benzene rings is 1. The van der Waals surface area contributed by atoms with Crippen LogP contribution in [0, 0.1) is 0 Å². The Labute approximate surface area is 118 Å². The Morgan fingerprint density at radius 1 is 1.35 bits per heavy atom. The first-order valence-corrected chi connectivity index (χ1v) is 7.08. The van der Waals surface area contributed by atoms with E-state index in [9.17, 15) is 4.79 Å². The molecule has 0 aromatic heterocycles. The first-order valence-electron chi connectivity index (χ1n) is 7.08. The van der Waals surface area contributed by atoms with Crippen molar-refractivity contribution in [1.29, 1.82) is 0 Å². The fourth-order valence-electron chi connectivity index (χ4n) is 2.48. The average Bonchev–Trinajstić information content (AvgIpc) is 3.30. The van der Waals surface area contributed by atoms with E-state index in [2.05, 4.69) is 0 Å². The van der Waals surface area contributed by atoms with E-state index in [1.165, 1.54) is 0 Å². The minimum atomic E-state index is -0.453. The van der Waals surface area contributed by atoms with Gasteiger partial charge < -0.3 is 20.1 Å². The summed E-state index contributed by atoms with van der Waals surface area (Å²) in [5, 5.41) is 0. The van der Waals surface area contributed by atoms with Gasteiger partial charge in [-0.15, -0.1) is 0 Å². The number of nitrogens with zero attached hydrogens (tertiary/aromatic N) is 1. The number of anilines is 1. The van der Waals surface area contributed by atoms with Crippen LogP contribution in [-0.4, -0.2) is 42.8 Å². The number of nitrogens with two attached hydrogens (primary N) is 1. The van der Waals surface area contributed by atoms with E-state index in [0.29, 0.717) is 32.4 Å². The Morgan fingerprint density at radius 3 is 2.85 bits per heavy atom. The summed E-state index contributed by atoms with van der Waals surface area (Å²) in [6.45, 7) is 2.02. The van der Waals surface area contributed by atoms with E-state index in [-0.39, 0.29) is 5.91 Å². The van der Waals surface area contributed by atoms with Gasteiger partial charge in [-0.3, -0.25) is 4.79 Å². The number of carbonyl (C=O) groups excluding carboxylic acids is 1. The molecule has 1 saturated carbocycles. The number of amides is 1. The highest BCUT2D eigenvalue weighted by Crippen LogP contribution is 2.29. The summed E-state index contributed by atoms with van der Waals surface area (Å²) < 4.78 is 10.8. The number of hydrogen-bond acceptors (Lipinski definition) is 4. The normalized spacial score (nSPS) is 22.5. The third-order valence-electron chi connectivity index (χ3n) is 3.67. The zero-order valence-corrected chi connectivity index (χ0v) is 11.5. The van der Waals surface area contributed by atoms with Crippen LogP contribution in [0.2, 0.25) is 0 Å². The Bertz CT molecular complexity index is 482. The maximum atomic E-state index is 12.6. The first-order chi connectivity index (χ1) is 9.74. The molecule has 1 aromatic rings. The summed E-state index contributed by atoms with van der Waals surface area (Å²) >= 11 is 0. The molecule has 1 unspecified atom stereocenters. The van der Waals surface area contributed by atoms with Gasteiger partial charge in [0.05, 0.1) is 19.8 Å². The van der Waals surface area contributed by atoms with Crippen LogP contribution >= 0.6 is 0 Å². The largest absolute Gasteiger partial charge is 0.399 e. The van der Waals surface area contributed by atoms with Crippen molar-refractivity contribution in [2.24, 2.45) is 0 Å². The van der Waals surface area contributed by atoms with Crippen molar-refractivity contribution in [3.05, 3.63) is 29.8 Å². The summed E-state index contributed by atoms with van der Waals surface area (Å²) in [6, 6.07) is 8.03. The van der Waals surface area contributed by atoms with Crippen LogP contribution in [0.25, 0.3) is 0 Å². The van der Waals surface area contributed by atoms with Crippen molar-refractivity contribution in [3.8, 4) is 0 Å². The van der Waals surface area contributed by atoms with Gasteiger partial charge in [0.1, 0.15) is 0 Å². The summed E-state index contributed by atoms with van der Waals surface area (Å²) in [7, 11) is 0. The predicted octanol–water partition coefficient (Wildman–Crippen LogP) is 1.18. The second-order valence-corrected chi connectivity index (χ2v) is 5.38. The van der Waals surface area contributed by atoms with Gasteiger partial charge in [-0.05, 0) is 30.5 Å². The molecule has 1 aliphatic carbocycles. The van der Waals surface area contributed by atoms with Crippen LogP contribution in [0.5, 0.6) is 0 Å². The maximum absolute atomic E-state index is 12.6. The average molecular weight is 276 g/mol. The minimum Gasteiger partial charge on any atom is -0.399 e. The monoisotopic (exact) mass is 276 g/mol. The van der Waals surface area contributed by atoms with Gasteiger partial charge in [-0.2, -0.15) is 0 Å². The van der Waals surface area contributed by atoms with Gasteiger partial charge >= 0.3 is 0 Å². The number of rotatable bonds is 4. The van der Waals surface area contributed by atoms with Gasteiger partial charge in [-0.25, -0.2) is 0 Å². The summed E-state index contributed by atoms with van der Waals surface area (Å²) in [6.07, 6.45) is 1.69. The van der Waals surface area contributed by atoms with Crippen LogP contribution in [0.3, 0.4) is 0 Å². The zero-order chi connectivity index (χ0) is 13.9. The zero-order valence-electron chi connectivity index (χ0n) is 11.5. The molecule has 3 rings (SSSR count). The van der Waals surface area contributed by atoms with Crippen LogP contribution in [0.15, 0.2) is 24.3 Å². The lowest BCUT2D eigenvalue weighted by molar-refractivity contribution is -0.159. The summed E-state index contributed by atoms with van der Waals surface area (Å²) in [4.78, 5) is 14.5. The molecule has 108 valence electrons. The molecule has 1 aliphatic heterocycles. The standard InChI is InChI=1S/C15H20N2O3/c16-12-3-1-2-11(8-12)9-17(13-4-5-13)15(18)14-10-19-6-7-20-14/h1-3,8,13-14H,4-7,9-10,16H2. The lowest BCUT2D eigenvalue weighted by atomic mass is 10.1. The lowest BCUT2D eigenvalue weighted by Gasteiger charge is -2.29. The number of hydrogen-bond donors (Lipinski definition) is 1. The molecule has 2 fully saturated rings. The Morgan fingerprint density at radius 2 is 2.20 bits per heavy atom. The maximum Gasteiger partial charge on any atom is 0.254 e. The molecule has 2 N–H and O–H groups in total. The van der Waals surface area contributed by atoms with Crippen LogP contribution in [-0.2, 0) is 20.8 Å². The van der Waals surface area contributed by atoms with Crippen molar-refractivity contribution in [2.45, 2.75) is 31.5 Å². The third-order valence-corrected chi connectivity index (χ3v) is 3.67. The van der Waals surface area contributed by atoms with E-state index in [0.717, 1.165) is 24.1 Å². The van der Waals surface area contributed by atoms with E-state index in [1.54, 1.807) is 0 Å². The van der Waals surface area contributed by atoms with E-state index >= 15 is 0 Å². The molecule has 2 aliphatic rings. The van der Waals surface area contributed by atoms with Crippen LogP contribution in [0.4, 0.5) is 5.69 Å². The van der Waals surface area contributed by atoms with Crippen molar-refractivity contribution >= 4 is 11.6 Å². The van der Waals surface area contributed by atoms with Gasteiger partial charge in [0.2, 0.25) is 0 Å². The number of carbonyl (C=O) groups is 1. The van der Waals surface area contributed by atoms with Gasteiger partial charge in [-0.1, -0.05) is 12.1 Å². The highest BCUT2D eigenvalue weighted by Gasteiger charge is 2.37. The lowest BCUT2D eigenvalue weighted by Crippen LogP contribution is -2.46. The Balaban J connectivity index is 1.70. The minimum absolute atomic E-state index is 0.0367. The predicted molar refractivity (Wildman–Crippen MR) is 75.0 cm³/mol. The molecule has 1 saturated heterocycles. The van der Waals surface area contributed by atoms with Gasteiger partial charge in [0, 0.05) is 18.3 Å². The highest BCUT2D eigenvalue weighted by molar-refractivity contribution is 5.81. The fourth-order valence-corrected chi connectivity index (χ4v) is 2.48. The van der Waals surface area contributed by atoms with Gasteiger partial charge in [0.15, 0.2) is 6.10 Å². The van der Waals surface area contributed by atoms with Gasteiger partial charge in [0.25, 0.3) is 5.91 Å². The van der Waals surface area contributed by atoms with E-state index < -0.39 is 6.10 Å². The van der Waals surface area contributed by atoms with Crippen LogP contribution < -0.4 is 5.73 Å². The summed E-state index contributed by atoms with van der Waals surface area (Å²) in [5.74, 6) is 0.0367. The second-order valence-electron chi connectivity index (χ2n) is 5.38. The number of nitrogen functional groups attached to an aromatic ring is 1. The molecule has 1 amide bonds. The second kappa shape index (κ2) is 5.81. The first kappa shape index (κ1) is 13.4. The molecular formula is C15H20N2O3. The van der Waals surface area contributed by atoms with E-state index in [1.807, 2.05) is 29.2 Å². The van der Waals surface area contributed by atoms with Crippen molar-refractivity contribution in [3.63, 3.8) is 0 Å². The van der Waals surface area contributed by atoms with Crippen molar-refractivity contribution < 1.29 is 14.3 Å². The molecule has 0 spiro atoms. The number of ether oxygens (including phenoxy) is 2. The smallest absolute Gasteiger partial charge is 0.254 e. The Hall–Kier alpha value is -1.59. The molecule has 1 atom stereocenters. The topological polar surface area (TPSA) is 64.8 Å². The van der Waals surface area contributed by atoms with Crippen LogP contribution in [0.1, 0.15) is 18.4 Å². The highest BCUT2D eigenvalue weighted by atomic mass is 16.6. The molecule has 20 heavy (non-hydrogen) atoms. The molecular weight excluding hydrogens is 256 g/mol. The molecule has 0 bridgehead atoms. The Kier molecular flexibility index (Phi) is 3.89. The van der Waals surface area contributed by atoms with E-state index in [4.69, 9.17) is 15.2 Å². The molecule has 1 heterocycles. The fraction of sp³-hybridized carbons (Fsp3) is 0.533. The molecule has 0 radical (unpaired) electrons. The van der Waals surface area contributed by atoms with Crippen molar-refractivity contribution in [1.82, 2.24) is 4.90 Å².